The first-order valence-corrected chi connectivity index (χ1v) is 9.78. The number of anilines is 1. The van der Waals surface area contributed by atoms with Crippen LogP contribution in [0.2, 0.25) is 0 Å². The Morgan fingerprint density at radius 1 is 1.04 bits per heavy atom. The number of carbonyl (C=O) groups excluding carboxylic acids is 1. The first kappa shape index (κ1) is 21.9. The Kier molecular flexibility index (Phi) is 8.03. The molecule has 2 rings (SSSR count). The van der Waals surface area contributed by atoms with Crippen LogP contribution in [0.5, 0.6) is 0 Å². The number of rotatable bonds is 8. The minimum absolute atomic E-state index is 0.130. The van der Waals surface area contributed by atoms with Crippen LogP contribution < -0.4 is 15.5 Å². The van der Waals surface area contributed by atoms with E-state index >= 15 is 0 Å². The molecule has 2 atom stereocenters. The molecule has 152 valence electrons. The van der Waals surface area contributed by atoms with Gasteiger partial charge in [0, 0.05) is 25.8 Å². The average molecular weight is 384 g/mol. The fraction of sp³-hybridized carbons (Fsp3) is 0.435. The molecule has 2 aromatic rings. The summed E-state index contributed by atoms with van der Waals surface area (Å²) in [6.07, 6.45) is -0.135. The number of aliphatic hydroxyl groups excluding tert-OH is 1. The van der Waals surface area contributed by atoms with Crippen molar-refractivity contribution in [3.8, 4) is 0 Å². The highest BCUT2D eigenvalue weighted by atomic mass is 16.3. The van der Waals surface area contributed by atoms with Gasteiger partial charge in [-0.25, -0.2) is 4.79 Å². The summed E-state index contributed by atoms with van der Waals surface area (Å²) in [6.45, 7) is 7.64. The molecule has 0 saturated carbocycles. The molecule has 2 unspecified atom stereocenters. The van der Waals surface area contributed by atoms with E-state index in [0.29, 0.717) is 13.0 Å². The standard InChI is InChI=1S/C23H33N3O2/c1-23(2,3)17-24-16-21(27)20(15-18-11-7-5-8-12-18)25-22(28)26(4)19-13-9-6-10-14-19/h5-14,20-21,24,27H,15-17H2,1-4H3,(H,25,28). The summed E-state index contributed by atoms with van der Waals surface area (Å²) in [5.41, 5.74) is 2.01. The van der Waals surface area contributed by atoms with Crippen molar-refractivity contribution < 1.29 is 9.90 Å². The number of nitrogens with one attached hydrogen (secondary N) is 2. The SMILES string of the molecule is CN(C(=O)NC(Cc1ccccc1)C(O)CNCC(C)(C)C)c1ccccc1. The molecule has 3 N–H and O–H groups in total. The predicted molar refractivity (Wildman–Crippen MR) is 116 cm³/mol. The second kappa shape index (κ2) is 10.2. The van der Waals surface area contributed by atoms with Gasteiger partial charge in [-0.3, -0.25) is 4.90 Å². The molecule has 0 aliphatic rings. The van der Waals surface area contributed by atoms with Gasteiger partial charge in [0.15, 0.2) is 0 Å². The van der Waals surface area contributed by atoms with Crippen LogP contribution in [-0.4, -0.2) is 43.4 Å². The van der Waals surface area contributed by atoms with Crippen LogP contribution in [0, 0.1) is 5.41 Å². The fourth-order valence-corrected chi connectivity index (χ4v) is 2.91. The monoisotopic (exact) mass is 383 g/mol. The molecule has 0 radical (unpaired) electrons. The van der Waals surface area contributed by atoms with Gasteiger partial charge in [-0.1, -0.05) is 69.3 Å². The Hall–Kier alpha value is -2.37. The summed E-state index contributed by atoms with van der Waals surface area (Å²) in [5, 5.41) is 17.1. The molecule has 0 fully saturated rings. The van der Waals surface area contributed by atoms with E-state index in [9.17, 15) is 9.90 Å². The maximum absolute atomic E-state index is 12.8. The Bertz CT molecular complexity index is 714. The van der Waals surface area contributed by atoms with Crippen molar-refractivity contribution in [2.24, 2.45) is 5.41 Å². The number of amides is 2. The molecule has 5 nitrogen and oxygen atoms in total. The lowest BCUT2D eigenvalue weighted by Gasteiger charge is -2.28. The lowest BCUT2D eigenvalue weighted by Crippen LogP contribution is -2.52. The third-order valence-electron chi connectivity index (χ3n) is 4.53. The zero-order valence-corrected chi connectivity index (χ0v) is 17.4. The quantitative estimate of drug-likeness (QED) is 0.654. The summed E-state index contributed by atoms with van der Waals surface area (Å²) < 4.78 is 0. The molecule has 2 aromatic carbocycles. The number of carbonyl (C=O) groups is 1. The van der Waals surface area contributed by atoms with Crippen LogP contribution >= 0.6 is 0 Å². The van der Waals surface area contributed by atoms with Gasteiger partial charge in [-0.05, 0) is 29.5 Å². The summed E-state index contributed by atoms with van der Waals surface area (Å²) in [7, 11) is 1.73. The van der Waals surface area contributed by atoms with Crippen LogP contribution in [0.3, 0.4) is 0 Å². The van der Waals surface area contributed by atoms with Crippen LogP contribution in [0.4, 0.5) is 10.5 Å². The molecule has 0 bridgehead atoms. The largest absolute Gasteiger partial charge is 0.390 e. The van der Waals surface area contributed by atoms with Crippen molar-refractivity contribution in [1.82, 2.24) is 10.6 Å². The van der Waals surface area contributed by atoms with Gasteiger partial charge in [0.05, 0.1) is 12.1 Å². The van der Waals surface area contributed by atoms with Crippen LogP contribution in [0.1, 0.15) is 26.3 Å². The van der Waals surface area contributed by atoms with Crippen LogP contribution in [0.15, 0.2) is 60.7 Å². The number of benzene rings is 2. The highest BCUT2D eigenvalue weighted by molar-refractivity contribution is 5.91. The summed E-state index contributed by atoms with van der Waals surface area (Å²) in [4.78, 5) is 14.3. The molecule has 0 spiro atoms. The van der Waals surface area contributed by atoms with E-state index in [2.05, 4.69) is 31.4 Å². The smallest absolute Gasteiger partial charge is 0.321 e. The van der Waals surface area contributed by atoms with Gasteiger partial charge in [0.1, 0.15) is 0 Å². The maximum Gasteiger partial charge on any atom is 0.321 e. The van der Waals surface area contributed by atoms with Gasteiger partial charge in [-0.15, -0.1) is 0 Å². The predicted octanol–water partition coefficient (Wildman–Crippen LogP) is 3.44. The molecule has 28 heavy (non-hydrogen) atoms. The third kappa shape index (κ3) is 7.33. The lowest BCUT2D eigenvalue weighted by atomic mass is 9.96. The molecule has 0 aromatic heterocycles. The lowest BCUT2D eigenvalue weighted by molar-refractivity contribution is 0.124. The van der Waals surface area contributed by atoms with E-state index in [-0.39, 0.29) is 11.4 Å². The molecule has 2 amide bonds. The number of para-hydroxylation sites is 1. The number of nitrogens with zero attached hydrogens (tertiary/aromatic N) is 1. The Morgan fingerprint density at radius 3 is 2.18 bits per heavy atom. The van der Waals surface area contributed by atoms with Crippen molar-refractivity contribution in [1.29, 1.82) is 0 Å². The number of urea groups is 1. The molecule has 0 heterocycles. The second-order valence-corrected chi connectivity index (χ2v) is 8.40. The highest BCUT2D eigenvalue weighted by Gasteiger charge is 2.24. The molecule has 0 saturated heterocycles. The average Bonchev–Trinajstić information content (AvgIpc) is 2.67. The highest BCUT2D eigenvalue weighted by Crippen LogP contribution is 2.13. The fourth-order valence-electron chi connectivity index (χ4n) is 2.91. The van der Waals surface area contributed by atoms with Crippen molar-refractivity contribution >= 4 is 11.7 Å². The first-order chi connectivity index (χ1) is 13.3. The minimum atomic E-state index is -0.698. The van der Waals surface area contributed by atoms with E-state index in [1.54, 1.807) is 11.9 Å². The minimum Gasteiger partial charge on any atom is -0.390 e. The summed E-state index contributed by atoms with van der Waals surface area (Å²) in [5.74, 6) is 0. The topological polar surface area (TPSA) is 64.6 Å². The van der Waals surface area contributed by atoms with Crippen LogP contribution in [-0.2, 0) is 6.42 Å². The molecule has 5 heteroatoms. The molecule has 0 aliphatic heterocycles. The van der Waals surface area contributed by atoms with Gasteiger partial charge >= 0.3 is 6.03 Å². The van der Waals surface area contributed by atoms with Crippen molar-refractivity contribution in [2.75, 3.05) is 25.0 Å². The van der Waals surface area contributed by atoms with E-state index in [4.69, 9.17) is 0 Å². The van der Waals surface area contributed by atoms with Gasteiger partial charge in [0.25, 0.3) is 0 Å². The van der Waals surface area contributed by atoms with Crippen molar-refractivity contribution in [3.05, 3.63) is 66.2 Å². The number of aliphatic hydroxyl groups is 1. The van der Waals surface area contributed by atoms with E-state index < -0.39 is 12.1 Å². The second-order valence-electron chi connectivity index (χ2n) is 8.40. The molecular weight excluding hydrogens is 350 g/mol. The third-order valence-corrected chi connectivity index (χ3v) is 4.53. The first-order valence-electron chi connectivity index (χ1n) is 9.78. The zero-order chi connectivity index (χ0) is 20.6. The van der Waals surface area contributed by atoms with Crippen molar-refractivity contribution in [3.63, 3.8) is 0 Å². The van der Waals surface area contributed by atoms with E-state index in [1.807, 2.05) is 60.7 Å². The maximum atomic E-state index is 12.8. The van der Waals surface area contributed by atoms with Gasteiger partial charge < -0.3 is 15.7 Å². The van der Waals surface area contributed by atoms with Crippen molar-refractivity contribution in [2.45, 2.75) is 39.3 Å². The van der Waals surface area contributed by atoms with Gasteiger partial charge in [0.2, 0.25) is 0 Å². The molecular formula is C23H33N3O2. The Balaban J connectivity index is 2.05. The Morgan fingerprint density at radius 2 is 1.61 bits per heavy atom. The summed E-state index contributed by atoms with van der Waals surface area (Å²) >= 11 is 0. The zero-order valence-electron chi connectivity index (χ0n) is 17.4. The summed E-state index contributed by atoms with van der Waals surface area (Å²) in [6, 6.07) is 18.8. The Labute approximate surface area is 168 Å². The van der Waals surface area contributed by atoms with E-state index in [0.717, 1.165) is 17.8 Å². The molecule has 0 aliphatic carbocycles. The van der Waals surface area contributed by atoms with E-state index in [1.165, 1.54) is 0 Å². The number of hydrogen-bond acceptors (Lipinski definition) is 3. The van der Waals surface area contributed by atoms with Gasteiger partial charge in [-0.2, -0.15) is 0 Å². The van der Waals surface area contributed by atoms with Crippen LogP contribution in [0.25, 0.3) is 0 Å². The normalized spacial score (nSPS) is 13.6. The number of hydrogen-bond donors (Lipinski definition) is 3.